The minimum Gasteiger partial charge on any atom is -0.450 e. The van der Waals surface area contributed by atoms with Gasteiger partial charge in [-0.25, -0.2) is 4.79 Å². The number of anilines is 1. The van der Waals surface area contributed by atoms with Crippen LogP contribution in [0.3, 0.4) is 0 Å². The number of thiophene rings is 1. The van der Waals surface area contributed by atoms with Crippen LogP contribution in [0.25, 0.3) is 0 Å². The summed E-state index contributed by atoms with van der Waals surface area (Å²) in [5, 5.41) is 5.76. The van der Waals surface area contributed by atoms with Crippen LogP contribution in [0, 0.1) is 5.92 Å². The molecule has 0 radical (unpaired) electrons. The monoisotopic (exact) mass is 474 g/mol. The molecule has 3 amide bonds. The molecule has 2 aromatic rings. The van der Waals surface area contributed by atoms with Crippen LogP contribution in [-0.4, -0.2) is 30.3 Å². The average Bonchev–Trinajstić information content (AvgIpc) is 3.11. The summed E-state index contributed by atoms with van der Waals surface area (Å²) in [5.74, 6) is 1.73. The molecule has 172 valence electrons. The van der Waals surface area contributed by atoms with Crippen LogP contribution >= 0.6 is 23.1 Å². The molecule has 0 spiro atoms. The van der Waals surface area contributed by atoms with E-state index < -0.39 is 12.0 Å². The van der Waals surface area contributed by atoms with Crippen LogP contribution in [0.5, 0.6) is 0 Å². The Morgan fingerprint density at radius 3 is 2.75 bits per heavy atom. The van der Waals surface area contributed by atoms with Gasteiger partial charge in [0.05, 0.1) is 12.2 Å². The number of carbonyl (C=O) groups excluding carboxylic acids is 3. The van der Waals surface area contributed by atoms with Crippen LogP contribution in [0.4, 0.5) is 9.80 Å². The molecule has 8 heteroatoms. The minimum atomic E-state index is -0.769. The van der Waals surface area contributed by atoms with E-state index >= 15 is 0 Å². The number of amides is 3. The molecule has 1 aliphatic carbocycles. The molecule has 0 saturated carbocycles. The fourth-order valence-electron chi connectivity index (χ4n) is 3.69. The molecule has 2 N–H and O–H groups in total. The van der Waals surface area contributed by atoms with Crippen molar-refractivity contribution >= 4 is 46.0 Å². The van der Waals surface area contributed by atoms with Gasteiger partial charge in [0.25, 0.3) is 5.91 Å². The maximum absolute atomic E-state index is 12.8. The van der Waals surface area contributed by atoms with Gasteiger partial charge in [0, 0.05) is 17.1 Å². The van der Waals surface area contributed by atoms with E-state index in [1.807, 2.05) is 18.2 Å². The highest BCUT2D eigenvalue weighted by atomic mass is 32.2. The van der Waals surface area contributed by atoms with Crippen LogP contribution < -0.4 is 10.6 Å². The van der Waals surface area contributed by atoms with Gasteiger partial charge in [-0.2, -0.15) is 11.8 Å². The normalized spacial score (nSPS) is 15.0. The number of alkyl carbamates (subject to hydrolysis) is 1. The first-order valence-electron chi connectivity index (χ1n) is 11.0. The number of fused-ring (bicyclic) bond motifs is 1. The summed E-state index contributed by atoms with van der Waals surface area (Å²) >= 11 is 3.26. The van der Waals surface area contributed by atoms with Crippen molar-refractivity contribution in [3.63, 3.8) is 0 Å². The predicted octanol–water partition coefficient (Wildman–Crippen LogP) is 5.41. The van der Waals surface area contributed by atoms with E-state index in [-0.39, 0.29) is 12.5 Å². The molecule has 1 aliphatic rings. The Hall–Kier alpha value is -2.32. The van der Waals surface area contributed by atoms with Crippen molar-refractivity contribution in [3.8, 4) is 0 Å². The molecule has 32 heavy (non-hydrogen) atoms. The van der Waals surface area contributed by atoms with Gasteiger partial charge in [0.15, 0.2) is 0 Å². The fraction of sp³-hybridized carbons (Fsp3) is 0.458. The molecule has 3 rings (SSSR count). The quantitative estimate of drug-likeness (QED) is 0.475. The molecule has 1 unspecified atom stereocenters. The zero-order valence-corrected chi connectivity index (χ0v) is 20.2. The molecule has 1 atom stereocenters. The van der Waals surface area contributed by atoms with Gasteiger partial charge in [-0.15, -0.1) is 11.3 Å². The number of rotatable bonds is 9. The number of ether oxygens (including phenoxy) is 1. The number of carbonyl (C=O) groups is 3. The molecule has 6 nitrogen and oxygen atoms in total. The van der Waals surface area contributed by atoms with E-state index in [1.165, 1.54) is 16.9 Å². The number of hydrogen-bond acceptors (Lipinski definition) is 6. The Balaban J connectivity index is 1.58. The first kappa shape index (κ1) is 24.3. The number of thioether (sulfide) groups is 1. The van der Waals surface area contributed by atoms with Crippen molar-refractivity contribution in [2.24, 2.45) is 5.92 Å². The summed E-state index contributed by atoms with van der Waals surface area (Å²) in [6.07, 6.45) is 3.01. The van der Waals surface area contributed by atoms with Crippen LogP contribution in [-0.2, 0) is 28.1 Å². The maximum atomic E-state index is 12.8. The topological polar surface area (TPSA) is 84.5 Å². The lowest BCUT2D eigenvalue weighted by Gasteiger charge is -2.18. The van der Waals surface area contributed by atoms with Gasteiger partial charge < -0.3 is 10.1 Å². The van der Waals surface area contributed by atoms with Crippen molar-refractivity contribution in [1.29, 1.82) is 0 Å². The van der Waals surface area contributed by atoms with Crippen molar-refractivity contribution in [3.05, 3.63) is 51.9 Å². The number of imide groups is 1. The summed E-state index contributed by atoms with van der Waals surface area (Å²) in [6.45, 7) is 4.05. The molecular weight excluding hydrogens is 444 g/mol. The average molecular weight is 475 g/mol. The second-order valence-corrected chi connectivity index (χ2v) is 10.1. The highest BCUT2D eigenvalue weighted by Gasteiger charge is 2.29. The van der Waals surface area contributed by atoms with Crippen LogP contribution in [0.1, 0.15) is 59.5 Å². The SMILES string of the molecule is CCOC(=O)NC(=O)c1c(NC(=O)CCCSCc2ccccc2)sc2c1CCC(C)C2. The smallest absolute Gasteiger partial charge is 0.414 e. The summed E-state index contributed by atoms with van der Waals surface area (Å²) in [5.41, 5.74) is 2.64. The van der Waals surface area contributed by atoms with Gasteiger partial charge in [0.1, 0.15) is 5.00 Å². The van der Waals surface area contributed by atoms with Gasteiger partial charge in [0.2, 0.25) is 5.91 Å². The van der Waals surface area contributed by atoms with Crippen molar-refractivity contribution in [2.45, 2.75) is 51.7 Å². The molecular formula is C24H30N2O4S2. The third-order valence-corrected chi connectivity index (χ3v) is 7.57. The van der Waals surface area contributed by atoms with Crippen molar-refractivity contribution in [1.82, 2.24) is 5.32 Å². The lowest BCUT2D eigenvalue weighted by Crippen LogP contribution is -2.32. The Morgan fingerprint density at radius 1 is 1.22 bits per heavy atom. The molecule has 1 heterocycles. The summed E-state index contributed by atoms with van der Waals surface area (Å²) in [4.78, 5) is 38.3. The molecule has 0 fully saturated rings. The fourth-order valence-corrected chi connectivity index (χ4v) is 6.03. The second kappa shape index (κ2) is 12.1. The Kier molecular flexibility index (Phi) is 9.17. The third kappa shape index (κ3) is 6.84. The van der Waals surface area contributed by atoms with Gasteiger partial charge in [-0.3, -0.25) is 14.9 Å². The largest absolute Gasteiger partial charge is 0.450 e. The van der Waals surface area contributed by atoms with Gasteiger partial charge in [-0.05, 0) is 55.4 Å². The second-order valence-electron chi connectivity index (χ2n) is 7.92. The molecule has 1 aromatic carbocycles. The maximum Gasteiger partial charge on any atom is 0.414 e. The summed E-state index contributed by atoms with van der Waals surface area (Å²) < 4.78 is 4.84. The summed E-state index contributed by atoms with van der Waals surface area (Å²) in [6, 6.07) is 10.3. The number of benzene rings is 1. The Labute approximate surface area is 197 Å². The number of nitrogens with one attached hydrogen (secondary N) is 2. The van der Waals surface area contributed by atoms with Crippen LogP contribution in [0.2, 0.25) is 0 Å². The van der Waals surface area contributed by atoms with E-state index in [4.69, 9.17) is 4.74 Å². The first-order valence-corrected chi connectivity index (χ1v) is 13.0. The minimum absolute atomic E-state index is 0.109. The number of hydrogen-bond donors (Lipinski definition) is 2. The van der Waals surface area contributed by atoms with E-state index in [9.17, 15) is 14.4 Å². The molecule has 0 bridgehead atoms. The Morgan fingerprint density at radius 2 is 2.00 bits per heavy atom. The molecule has 1 aromatic heterocycles. The van der Waals surface area contributed by atoms with E-state index in [1.54, 1.807) is 18.7 Å². The predicted molar refractivity (Wildman–Crippen MR) is 130 cm³/mol. The lowest BCUT2D eigenvalue weighted by atomic mass is 9.88. The Bertz CT molecular complexity index is 943. The van der Waals surface area contributed by atoms with Gasteiger partial charge >= 0.3 is 6.09 Å². The van der Waals surface area contributed by atoms with E-state index in [0.717, 1.165) is 47.6 Å². The van der Waals surface area contributed by atoms with E-state index in [0.29, 0.717) is 22.9 Å². The first-order chi connectivity index (χ1) is 15.5. The summed E-state index contributed by atoms with van der Waals surface area (Å²) in [7, 11) is 0. The molecule has 0 aliphatic heterocycles. The van der Waals surface area contributed by atoms with Crippen LogP contribution in [0.15, 0.2) is 30.3 Å². The van der Waals surface area contributed by atoms with Crippen molar-refractivity contribution in [2.75, 3.05) is 17.7 Å². The van der Waals surface area contributed by atoms with Crippen molar-refractivity contribution < 1.29 is 19.1 Å². The highest BCUT2D eigenvalue weighted by molar-refractivity contribution is 7.98. The zero-order chi connectivity index (χ0) is 22.9. The van der Waals surface area contributed by atoms with E-state index in [2.05, 4.69) is 29.7 Å². The third-order valence-electron chi connectivity index (χ3n) is 5.29. The standard InChI is InChI=1S/C24H30N2O4S2/c1-3-30-24(29)26-22(28)21-18-12-11-16(2)14-19(18)32-23(21)25-20(27)10-7-13-31-15-17-8-5-4-6-9-17/h4-6,8-9,16H,3,7,10-15H2,1-2H3,(H,25,27)(H,26,28,29). The molecule has 0 saturated heterocycles. The van der Waals surface area contributed by atoms with Gasteiger partial charge in [-0.1, -0.05) is 37.3 Å². The zero-order valence-electron chi connectivity index (χ0n) is 18.6. The lowest BCUT2D eigenvalue weighted by molar-refractivity contribution is -0.116. The highest BCUT2D eigenvalue weighted by Crippen LogP contribution is 2.39.